The molecule has 4 aromatic heterocycles. The van der Waals surface area contributed by atoms with Gasteiger partial charge < -0.3 is 23.9 Å². The summed E-state index contributed by atoms with van der Waals surface area (Å²) < 4.78 is 12.7. The number of halogens is 3. The van der Waals surface area contributed by atoms with Gasteiger partial charge >= 0.3 is 5.97 Å². The number of hydrogen-bond acceptors (Lipinski definition) is 5. The SMILES string of the molecule is Cc1cc(N2CC(C)n3c(c(CCCOc4cc(C)c(Cl)c(C)c4)c4ccc(Cl)c(-c5c(C)nn(C)c5C)c43)C2=O)c2c(c1)cc(C(=O)O)n2Cc1cccc(Br)n1. The molecule has 0 saturated carbocycles. The average molecular weight is 883 g/mol. The first-order valence-corrected chi connectivity index (χ1v) is 20.7. The monoisotopic (exact) mass is 880 g/mol. The molecule has 1 N–H and O–H groups in total. The van der Waals surface area contributed by atoms with Gasteiger partial charge in [0.15, 0.2) is 0 Å². The molecule has 1 aliphatic rings. The van der Waals surface area contributed by atoms with E-state index in [4.69, 9.17) is 33.0 Å². The number of aryl methyl sites for hydroxylation is 6. The van der Waals surface area contributed by atoms with Gasteiger partial charge in [-0.15, -0.1) is 0 Å². The van der Waals surface area contributed by atoms with Crippen LogP contribution in [0.25, 0.3) is 32.9 Å². The Morgan fingerprint density at radius 3 is 2.40 bits per heavy atom. The lowest BCUT2D eigenvalue weighted by Gasteiger charge is -2.35. The minimum absolute atomic E-state index is 0.114. The Bertz CT molecular complexity index is 2810. The van der Waals surface area contributed by atoms with Crippen LogP contribution in [-0.2, 0) is 20.0 Å². The van der Waals surface area contributed by atoms with Gasteiger partial charge in [-0.1, -0.05) is 35.3 Å². The number of nitrogens with zero attached hydrogens (tertiary/aromatic N) is 6. The number of carbonyl (C=O) groups excluding carboxylic acids is 1. The summed E-state index contributed by atoms with van der Waals surface area (Å²) in [5.74, 6) is -0.485. The van der Waals surface area contributed by atoms with E-state index in [9.17, 15) is 9.90 Å². The molecule has 7 aromatic rings. The fraction of sp³-hybridized carbons (Fsp3) is 0.289. The van der Waals surface area contributed by atoms with Crippen molar-refractivity contribution in [1.82, 2.24) is 23.9 Å². The first-order valence-electron chi connectivity index (χ1n) is 19.2. The minimum Gasteiger partial charge on any atom is -0.494 e. The number of carbonyl (C=O) groups is 2. The number of rotatable bonds is 10. The van der Waals surface area contributed by atoms with Crippen molar-refractivity contribution in [1.29, 1.82) is 0 Å². The number of hydrogen-bond donors (Lipinski definition) is 1. The van der Waals surface area contributed by atoms with E-state index >= 15 is 4.79 Å². The Kier molecular flexibility index (Phi) is 10.4. The highest BCUT2D eigenvalue weighted by molar-refractivity contribution is 9.10. The van der Waals surface area contributed by atoms with Crippen LogP contribution >= 0.6 is 39.1 Å². The molecule has 3 aromatic carbocycles. The number of aromatic nitrogens is 5. The predicted molar refractivity (Wildman–Crippen MR) is 234 cm³/mol. The Labute approximate surface area is 355 Å². The second kappa shape index (κ2) is 15.3. The van der Waals surface area contributed by atoms with Crippen molar-refractivity contribution in [3.63, 3.8) is 0 Å². The highest BCUT2D eigenvalue weighted by Gasteiger charge is 2.38. The Morgan fingerprint density at radius 2 is 1.72 bits per heavy atom. The van der Waals surface area contributed by atoms with Gasteiger partial charge in [0.2, 0.25) is 0 Å². The largest absolute Gasteiger partial charge is 0.494 e. The zero-order valence-corrected chi connectivity index (χ0v) is 36.5. The van der Waals surface area contributed by atoms with Crippen LogP contribution in [-0.4, -0.2) is 54.0 Å². The molecule has 8 rings (SSSR count). The van der Waals surface area contributed by atoms with Crippen LogP contribution in [0.2, 0.25) is 10.0 Å². The van der Waals surface area contributed by atoms with Crippen LogP contribution in [0.4, 0.5) is 5.69 Å². The third-order valence-electron chi connectivity index (χ3n) is 11.3. The third kappa shape index (κ3) is 6.76. The van der Waals surface area contributed by atoms with Gasteiger partial charge in [-0.2, -0.15) is 5.10 Å². The van der Waals surface area contributed by atoms with Crippen LogP contribution in [0.15, 0.2) is 65.3 Å². The lowest BCUT2D eigenvalue weighted by Crippen LogP contribution is -2.43. The van der Waals surface area contributed by atoms with Gasteiger partial charge in [-0.25, -0.2) is 9.78 Å². The molecule has 0 spiro atoms. The first-order chi connectivity index (χ1) is 27.6. The van der Waals surface area contributed by atoms with Crippen molar-refractivity contribution in [3.8, 4) is 16.9 Å². The quantitative estimate of drug-likeness (QED) is 0.108. The lowest BCUT2D eigenvalue weighted by molar-refractivity contribution is 0.0686. The normalized spacial score (nSPS) is 14.2. The topological polar surface area (TPSA) is 107 Å². The van der Waals surface area contributed by atoms with Crippen LogP contribution in [0.1, 0.15) is 79.7 Å². The van der Waals surface area contributed by atoms with Crippen molar-refractivity contribution in [3.05, 3.63) is 126 Å². The zero-order chi connectivity index (χ0) is 41.3. The van der Waals surface area contributed by atoms with Crippen molar-refractivity contribution < 1.29 is 19.4 Å². The molecule has 298 valence electrons. The molecule has 10 nitrogen and oxygen atoms in total. The number of carboxylic acid groups (broad SMARTS) is 1. The summed E-state index contributed by atoms with van der Waals surface area (Å²) in [6.45, 7) is 13.0. The van der Waals surface area contributed by atoms with E-state index < -0.39 is 5.97 Å². The van der Waals surface area contributed by atoms with Crippen LogP contribution in [0.3, 0.4) is 0 Å². The summed E-state index contributed by atoms with van der Waals surface area (Å²) in [5, 5.41) is 18.2. The van der Waals surface area contributed by atoms with Gasteiger partial charge in [0.1, 0.15) is 21.7 Å². The summed E-state index contributed by atoms with van der Waals surface area (Å²) in [7, 11) is 1.92. The van der Waals surface area contributed by atoms with E-state index in [-0.39, 0.29) is 24.2 Å². The lowest BCUT2D eigenvalue weighted by atomic mass is 9.98. The zero-order valence-electron chi connectivity index (χ0n) is 33.4. The molecule has 0 radical (unpaired) electrons. The number of carboxylic acids is 1. The van der Waals surface area contributed by atoms with E-state index in [1.807, 2.05) is 106 Å². The van der Waals surface area contributed by atoms with Crippen molar-refractivity contribution in [2.75, 3.05) is 18.1 Å². The fourth-order valence-corrected chi connectivity index (χ4v) is 9.46. The fourth-order valence-electron chi connectivity index (χ4n) is 8.72. The highest BCUT2D eigenvalue weighted by Crippen LogP contribution is 2.46. The van der Waals surface area contributed by atoms with E-state index in [1.165, 1.54) is 0 Å². The Balaban J connectivity index is 1.30. The van der Waals surface area contributed by atoms with Crippen molar-refractivity contribution >= 4 is 78.5 Å². The highest BCUT2D eigenvalue weighted by atomic mass is 79.9. The molecule has 5 heterocycles. The number of benzene rings is 3. The van der Waals surface area contributed by atoms with Crippen LogP contribution in [0.5, 0.6) is 5.75 Å². The summed E-state index contributed by atoms with van der Waals surface area (Å²) in [6.07, 6.45) is 1.19. The van der Waals surface area contributed by atoms with Crippen LogP contribution < -0.4 is 9.64 Å². The van der Waals surface area contributed by atoms with Gasteiger partial charge in [0, 0.05) is 52.3 Å². The molecule has 0 fully saturated rings. The number of anilines is 1. The average Bonchev–Trinajstić information content (AvgIpc) is 3.78. The van der Waals surface area contributed by atoms with E-state index in [2.05, 4.69) is 32.4 Å². The molecular weight excluding hydrogens is 839 g/mol. The molecule has 58 heavy (non-hydrogen) atoms. The summed E-state index contributed by atoms with van der Waals surface area (Å²) >= 11 is 17.1. The molecule has 13 heteroatoms. The smallest absolute Gasteiger partial charge is 0.352 e. The van der Waals surface area contributed by atoms with Crippen molar-refractivity contribution in [2.24, 2.45) is 7.05 Å². The maximum atomic E-state index is 15.5. The molecule has 1 aliphatic heterocycles. The van der Waals surface area contributed by atoms with Gasteiger partial charge in [-0.05, 0) is 141 Å². The van der Waals surface area contributed by atoms with E-state index in [0.29, 0.717) is 58.2 Å². The van der Waals surface area contributed by atoms with Gasteiger partial charge in [-0.3, -0.25) is 9.48 Å². The second-order valence-corrected chi connectivity index (χ2v) is 17.0. The summed E-state index contributed by atoms with van der Waals surface area (Å²) in [4.78, 5) is 34.7. The van der Waals surface area contributed by atoms with Gasteiger partial charge in [0.05, 0.1) is 46.3 Å². The molecule has 1 unspecified atom stereocenters. The van der Waals surface area contributed by atoms with Crippen molar-refractivity contribution in [2.45, 2.75) is 67.0 Å². The second-order valence-electron chi connectivity index (χ2n) is 15.4. The molecule has 0 aliphatic carbocycles. The number of aromatic carboxylic acids is 1. The van der Waals surface area contributed by atoms with Crippen LogP contribution in [0, 0.1) is 34.6 Å². The third-order valence-corrected chi connectivity index (χ3v) is 12.6. The standard InChI is InChI=1S/C45H43BrCl2N6O4/c1-23-16-29-20-36(45(56)57)52(22-30-10-8-12-37(46)49-30)41(29)35(17-23)53-21-26(4)54-42-33(13-14-34(47)39(42)38-27(5)50-51(7)28(38)6)32(43(54)44(53)55)11-9-15-58-31-18-24(2)40(48)25(3)19-31/h8,10,12-14,16-20,26H,9,11,15,21-22H2,1-7H3,(H,56,57). The Morgan fingerprint density at radius 1 is 0.983 bits per heavy atom. The van der Waals surface area contributed by atoms with E-state index in [1.54, 1.807) is 10.6 Å². The van der Waals surface area contributed by atoms with E-state index in [0.717, 1.165) is 71.8 Å². The number of ether oxygens (including phenoxy) is 1. The van der Waals surface area contributed by atoms with Gasteiger partial charge in [0.25, 0.3) is 5.91 Å². The number of amides is 1. The summed E-state index contributed by atoms with van der Waals surface area (Å²) in [6, 6.07) is 18.8. The molecule has 0 saturated heterocycles. The molecule has 1 amide bonds. The molecule has 1 atom stereocenters. The predicted octanol–water partition coefficient (Wildman–Crippen LogP) is 11.0. The first kappa shape index (κ1) is 39.7. The molecular formula is C45H43BrCl2N6O4. The summed E-state index contributed by atoms with van der Waals surface area (Å²) in [5.41, 5.74) is 10.9. The Hall–Kier alpha value is -5.10. The number of fused-ring (bicyclic) bond motifs is 4. The minimum atomic E-state index is -1.06. The maximum absolute atomic E-state index is 15.5. The molecule has 0 bridgehead atoms. The number of pyridine rings is 1. The maximum Gasteiger partial charge on any atom is 0.352 e.